The molecule has 1 aliphatic carbocycles. The molecule has 0 spiro atoms. The molecule has 0 radical (unpaired) electrons. The lowest BCUT2D eigenvalue weighted by Crippen LogP contribution is -2.51. The van der Waals surface area contributed by atoms with Crippen molar-refractivity contribution in [3.05, 3.63) is 0 Å². The highest BCUT2D eigenvalue weighted by atomic mass is 16.2. The minimum atomic E-state index is 0.0540. The summed E-state index contributed by atoms with van der Waals surface area (Å²) in [5.41, 5.74) is 0. The van der Waals surface area contributed by atoms with Crippen LogP contribution in [0.4, 0.5) is 0 Å². The van der Waals surface area contributed by atoms with E-state index in [2.05, 4.69) is 10.6 Å². The number of piperidine rings is 1. The number of carbonyl (C=O) groups is 2. The van der Waals surface area contributed by atoms with E-state index in [0.717, 1.165) is 25.7 Å². The first-order chi connectivity index (χ1) is 7.15. The van der Waals surface area contributed by atoms with E-state index in [0.29, 0.717) is 24.4 Å². The van der Waals surface area contributed by atoms with E-state index in [-0.39, 0.29) is 11.8 Å². The van der Waals surface area contributed by atoms with E-state index < -0.39 is 0 Å². The Bertz CT molecular complexity index is 278. The molecule has 1 aliphatic heterocycles. The molecule has 4 heteroatoms. The molecule has 0 aromatic rings. The molecule has 0 aromatic heterocycles. The molecular formula is C11H18N2O2. The number of hydrogen-bond donors (Lipinski definition) is 2. The summed E-state index contributed by atoms with van der Waals surface area (Å²) < 4.78 is 0. The summed E-state index contributed by atoms with van der Waals surface area (Å²) in [6, 6.07) is 0.676. The monoisotopic (exact) mass is 210 g/mol. The largest absolute Gasteiger partial charge is 0.354 e. The van der Waals surface area contributed by atoms with E-state index in [1.165, 1.54) is 0 Å². The maximum Gasteiger partial charge on any atom is 0.220 e. The van der Waals surface area contributed by atoms with Crippen LogP contribution in [0.15, 0.2) is 0 Å². The van der Waals surface area contributed by atoms with Gasteiger partial charge in [-0.2, -0.15) is 0 Å². The van der Waals surface area contributed by atoms with Gasteiger partial charge in [-0.15, -0.1) is 0 Å². The van der Waals surface area contributed by atoms with Crippen molar-refractivity contribution in [3.63, 3.8) is 0 Å². The zero-order valence-corrected chi connectivity index (χ0v) is 9.08. The van der Waals surface area contributed by atoms with Crippen LogP contribution in [0.2, 0.25) is 0 Å². The number of carbonyl (C=O) groups excluding carboxylic acids is 2. The maximum absolute atomic E-state index is 11.2. The fourth-order valence-electron chi connectivity index (χ4n) is 2.79. The summed E-state index contributed by atoms with van der Waals surface area (Å²) in [7, 11) is 0. The van der Waals surface area contributed by atoms with Crippen LogP contribution in [0.5, 0.6) is 0 Å². The molecule has 2 aliphatic rings. The summed E-state index contributed by atoms with van der Waals surface area (Å²) in [4.78, 5) is 22.1. The third kappa shape index (κ3) is 2.49. The molecule has 4 nitrogen and oxygen atoms in total. The number of rotatable bonds is 1. The molecule has 2 rings (SSSR count). The predicted octanol–water partition coefficient (Wildman–Crippen LogP) is 0.570. The first kappa shape index (κ1) is 10.5. The Balaban J connectivity index is 1.89. The summed E-state index contributed by atoms with van der Waals surface area (Å²) in [5.74, 6) is 0.806. The van der Waals surface area contributed by atoms with Gasteiger partial charge in [0, 0.05) is 25.4 Å². The lowest BCUT2D eigenvalue weighted by molar-refractivity contribution is -0.126. The topological polar surface area (TPSA) is 58.2 Å². The van der Waals surface area contributed by atoms with Crippen molar-refractivity contribution in [2.24, 2.45) is 5.92 Å². The quantitative estimate of drug-likeness (QED) is 0.664. The highest BCUT2D eigenvalue weighted by Crippen LogP contribution is 2.31. The number of amides is 2. The summed E-state index contributed by atoms with van der Waals surface area (Å²) >= 11 is 0. The Morgan fingerprint density at radius 3 is 2.93 bits per heavy atom. The van der Waals surface area contributed by atoms with E-state index in [9.17, 15) is 9.59 Å². The van der Waals surface area contributed by atoms with Gasteiger partial charge < -0.3 is 10.6 Å². The van der Waals surface area contributed by atoms with Crippen LogP contribution in [0.3, 0.4) is 0 Å². The van der Waals surface area contributed by atoms with Crippen molar-refractivity contribution in [3.8, 4) is 0 Å². The summed E-state index contributed by atoms with van der Waals surface area (Å²) in [6.07, 6.45) is 4.63. The number of hydrogen-bond acceptors (Lipinski definition) is 2. The Labute approximate surface area is 89.8 Å². The Hall–Kier alpha value is -1.06. The van der Waals surface area contributed by atoms with Gasteiger partial charge in [-0.05, 0) is 31.6 Å². The van der Waals surface area contributed by atoms with Gasteiger partial charge in [0.25, 0.3) is 0 Å². The fraction of sp³-hybridized carbons (Fsp3) is 0.818. The van der Waals surface area contributed by atoms with Crippen LogP contribution in [0, 0.1) is 5.92 Å². The summed E-state index contributed by atoms with van der Waals surface area (Å²) in [5, 5.41) is 6.01. The molecule has 1 heterocycles. The van der Waals surface area contributed by atoms with Gasteiger partial charge >= 0.3 is 0 Å². The molecule has 1 saturated heterocycles. The van der Waals surface area contributed by atoms with Crippen molar-refractivity contribution in [1.82, 2.24) is 10.6 Å². The van der Waals surface area contributed by atoms with Crippen LogP contribution < -0.4 is 10.6 Å². The Kier molecular flexibility index (Phi) is 2.93. The SMILES string of the molecule is CC(=O)NC1CCC2NC(=O)CCC2C1. The highest BCUT2D eigenvalue weighted by Gasteiger charge is 2.34. The lowest BCUT2D eigenvalue weighted by atomic mass is 9.77. The Morgan fingerprint density at radius 1 is 1.40 bits per heavy atom. The highest BCUT2D eigenvalue weighted by molar-refractivity contribution is 5.77. The predicted molar refractivity (Wildman–Crippen MR) is 56.1 cm³/mol. The minimum Gasteiger partial charge on any atom is -0.354 e. The molecule has 2 fully saturated rings. The lowest BCUT2D eigenvalue weighted by Gasteiger charge is -2.39. The molecule has 1 saturated carbocycles. The van der Waals surface area contributed by atoms with Gasteiger partial charge in [-0.25, -0.2) is 0 Å². The average Bonchev–Trinajstić information content (AvgIpc) is 2.17. The van der Waals surface area contributed by atoms with Crippen molar-refractivity contribution in [2.75, 3.05) is 0 Å². The molecule has 2 amide bonds. The third-order valence-electron chi connectivity index (χ3n) is 3.48. The molecule has 0 aromatic carbocycles. The van der Waals surface area contributed by atoms with Gasteiger partial charge in [0.2, 0.25) is 11.8 Å². The van der Waals surface area contributed by atoms with Crippen molar-refractivity contribution in [2.45, 2.75) is 51.1 Å². The molecule has 84 valence electrons. The van der Waals surface area contributed by atoms with Crippen molar-refractivity contribution < 1.29 is 9.59 Å². The third-order valence-corrected chi connectivity index (χ3v) is 3.48. The second-order valence-corrected chi connectivity index (χ2v) is 4.68. The van der Waals surface area contributed by atoms with Gasteiger partial charge in [-0.1, -0.05) is 0 Å². The van der Waals surface area contributed by atoms with Gasteiger partial charge in [0.15, 0.2) is 0 Å². The van der Waals surface area contributed by atoms with Crippen molar-refractivity contribution >= 4 is 11.8 Å². The maximum atomic E-state index is 11.2. The normalized spacial score (nSPS) is 35.3. The fourth-order valence-corrected chi connectivity index (χ4v) is 2.79. The standard InChI is InChI=1S/C11H18N2O2/c1-7(14)12-9-3-4-10-8(6-9)2-5-11(15)13-10/h8-10H,2-6H2,1H3,(H,12,14)(H,13,15). The van der Waals surface area contributed by atoms with Gasteiger partial charge in [0.05, 0.1) is 0 Å². The zero-order chi connectivity index (χ0) is 10.8. The first-order valence-corrected chi connectivity index (χ1v) is 5.71. The molecular weight excluding hydrogens is 192 g/mol. The molecule has 2 N–H and O–H groups in total. The Morgan fingerprint density at radius 2 is 2.20 bits per heavy atom. The average molecular weight is 210 g/mol. The molecule has 3 atom stereocenters. The zero-order valence-electron chi connectivity index (χ0n) is 9.08. The second-order valence-electron chi connectivity index (χ2n) is 4.68. The van der Waals surface area contributed by atoms with Crippen LogP contribution in [0.25, 0.3) is 0 Å². The molecule has 3 unspecified atom stereocenters. The smallest absolute Gasteiger partial charge is 0.220 e. The first-order valence-electron chi connectivity index (χ1n) is 5.71. The van der Waals surface area contributed by atoms with Gasteiger partial charge in [0.1, 0.15) is 0 Å². The summed E-state index contributed by atoms with van der Waals surface area (Å²) in [6.45, 7) is 1.56. The number of nitrogens with one attached hydrogen (secondary N) is 2. The van der Waals surface area contributed by atoms with E-state index in [4.69, 9.17) is 0 Å². The van der Waals surface area contributed by atoms with E-state index in [1.807, 2.05) is 0 Å². The second kappa shape index (κ2) is 4.21. The van der Waals surface area contributed by atoms with Crippen LogP contribution in [-0.4, -0.2) is 23.9 Å². The van der Waals surface area contributed by atoms with E-state index in [1.54, 1.807) is 6.92 Å². The molecule has 0 bridgehead atoms. The van der Waals surface area contributed by atoms with Gasteiger partial charge in [-0.3, -0.25) is 9.59 Å². The molecule has 15 heavy (non-hydrogen) atoms. The number of fused-ring (bicyclic) bond motifs is 1. The van der Waals surface area contributed by atoms with Crippen molar-refractivity contribution in [1.29, 1.82) is 0 Å². The van der Waals surface area contributed by atoms with E-state index >= 15 is 0 Å². The minimum absolute atomic E-state index is 0.0540. The van der Waals surface area contributed by atoms with Crippen LogP contribution in [-0.2, 0) is 9.59 Å². The van der Waals surface area contributed by atoms with Crippen LogP contribution >= 0.6 is 0 Å². The van der Waals surface area contributed by atoms with Crippen LogP contribution in [0.1, 0.15) is 39.0 Å².